The summed E-state index contributed by atoms with van der Waals surface area (Å²) < 4.78 is 28.7. The Morgan fingerprint density at radius 3 is 2.74 bits per heavy atom. The van der Waals surface area contributed by atoms with Gasteiger partial charge in [-0.25, -0.2) is 4.79 Å². The summed E-state index contributed by atoms with van der Waals surface area (Å²) in [6, 6.07) is 2.47. The molecule has 0 unspecified atom stereocenters. The summed E-state index contributed by atoms with van der Waals surface area (Å²) in [7, 11) is 0. The SMILES string of the molecule is Nc1c(C=NC2CC2)cc(C(=O)O)cc1OC(F)F. The standard InChI is InChI=1S/C12H12F2N2O3/c13-12(14)19-9-4-6(11(17)18)3-7(10(9)15)5-16-8-1-2-8/h3-5,8,12H,1-2,15H2,(H,17,18). The van der Waals surface area contributed by atoms with Crippen molar-refractivity contribution in [1.29, 1.82) is 0 Å². The van der Waals surface area contributed by atoms with Crippen LogP contribution in [0.15, 0.2) is 17.1 Å². The average molecular weight is 270 g/mol. The molecule has 102 valence electrons. The van der Waals surface area contributed by atoms with Crippen molar-refractivity contribution >= 4 is 17.9 Å². The molecule has 0 atom stereocenters. The molecule has 0 spiro atoms. The topological polar surface area (TPSA) is 84.9 Å². The summed E-state index contributed by atoms with van der Waals surface area (Å²) in [6.45, 7) is -3.07. The van der Waals surface area contributed by atoms with Crippen molar-refractivity contribution in [2.45, 2.75) is 25.5 Å². The van der Waals surface area contributed by atoms with E-state index in [1.54, 1.807) is 0 Å². The molecule has 3 N–H and O–H groups in total. The molecule has 1 saturated carbocycles. The van der Waals surface area contributed by atoms with Crippen LogP contribution in [0.1, 0.15) is 28.8 Å². The summed E-state index contributed by atoms with van der Waals surface area (Å²) in [6.07, 6.45) is 3.34. The van der Waals surface area contributed by atoms with Gasteiger partial charge < -0.3 is 15.6 Å². The largest absolute Gasteiger partial charge is 0.478 e. The number of halogens is 2. The predicted octanol–water partition coefficient (Wildman–Crippen LogP) is 2.15. The molecule has 0 aliphatic heterocycles. The third-order valence-electron chi connectivity index (χ3n) is 2.61. The lowest BCUT2D eigenvalue weighted by Gasteiger charge is -2.11. The van der Waals surface area contributed by atoms with E-state index in [-0.39, 0.29) is 28.6 Å². The second-order valence-electron chi connectivity index (χ2n) is 4.17. The Balaban J connectivity index is 2.38. The zero-order chi connectivity index (χ0) is 14.0. The maximum atomic E-state index is 12.2. The van der Waals surface area contributed by atoms with Crippen LogP contribution in [0, 0.1) is 0 Å². The van der Waals surface area contributed by atoms with Crippen molar-refractivity contribution in [3.63, 3.8) is 0 Å². The first-order valence-corrected chi connectivity index (χ1v) is 5.62. The molecule has 1 aliphatic carbocycles. The van der Waals surface area contributed by atoms with Gasteiger partial charge in [-0.3, -0.25) is 4.99 Å². The number of carbonyl (C=O) groups is 1. The van der Waals surface area contributed by atoms with Crippen LogP contribution in [0.4, 0.5) is 14.5 Å². The molecular weight excluding hydrogens is 258 g/mol. The van der Waals surface area contributed by atoms with Crippen molar-refractivity contribution in [3.05, 3.63) is 23.3 Å². The number of nitrogens with two attached hydrogens (primary N) is 1. The summed E-state index contributed by atoms with van der Waals surface area (Å²) in [5, 5.41) is 8.92. The van der Waals surface area contributed by atoms with Crippen LogP contribution in [-0.4, -0.2) is 29.9 Å². The van der Waals surface area contributed by atoms with Crippen molar-refractivity contribution in [2.75, 3.05) is 5.73 Å². The highest BCUT2D eigenvalue weighted by Crippen LogP contribution is 2.29. The van der Waals surface area contributed by atoms with Gasteiger partial charge in [0, 0.05) is 11.8 Å². The lowest BCUT2D eigenvalue weighted by Crippen LogP contribution is -2.09. The summed E-state index contributed by atoms with van der Waals surface area (Å²) >= 11 is 0. The van der Waals surface area contributed by atoms with Crippen LogP contribution in [0.25, 0.3) is 0 Å². The highest BCUT2D eigenvalue weighted by Gasteiger charge is 2.20. The zero-order valence-electron chi connectivity index (χ0n) is 9.85. The second kappa shape index (κ2) is 5.21. The summed E-state index contributed by atoms with van der Waals surface area (Å²) in [5.74, 6) is -1.60. The van der Waals surface area contributed by atoms with Gasteiger partial charge in [-0.15, -0.1) is 0 Å². The first kappa shape index (κ1) is 13.3. The van der Waals surface area contributed by atoms with E-state index in [1.165, 1.54) is 12.3 Å². The number of rotatable bonds is 5. The van der Waals surface area contributed by atoms with Gasteiger partial charge in [-0.1, -0.05) is 0 Å². The Morgan fingerprint density at radius 1 is 1.53 bits per heavy atom. The van der Waals surface area contributed by atoms with E-state index in [0.717, 1.165) is 18.9 Å². The number of aromatic carboxylic acids is 1. The highest BCUT2D eigenvalue weighted by molar-refractivity contribution is 5.96. The van der Waals surface area contributed by atoms with Gasteiger partial charge in [0.1, 0.15) is 0 Å². The third-order valence-corrected chi connectivity index (χ3v) is 2.61. The predicted molar refractivity (Wildman–Crippen MR) is 65.1 cm³/mol. The Labute approximate surface area is 107 Å². The number of nitrogen functional groups attached to an aromatic ring is 1. The quantitative estimate of drug-likeness (QED) is 0.634. The molecule has 0 heterocycles. The minimum Gasteiger partial charge on any atom is -0.478 e. The van der Waals surface area contributed by atoms with E-state index in [1.807, 2.05) is 0 Å². The Bertz CT molecular complexity index is 528. The minimum absolute atomic E-state index is 0.0466. The van der Waals surface area contributed by atoms with Crippen LogP contribution in [0.2, 0.25) is 0 Å². The van der Waals surface area contributed by atoms with E-state index in [9.17, 15) is 13.6 Å². The second-order valence-corrected chi connectivity index (χ2v) is 4.17. The molecule has 1 aromatic rings. The lowest BCUT2D eigenvalue weighted by molar-refractivity contribution is -0.0494. The number of nitrogens with zero attached hydrogens (tertiary/aromatic N) is 1. The van der Waals surface area contributed by atoms with E-state index in [2.05, 4.69) is 9.73 Å². The van der Waals surface area contributed by atoms with Crippen molar-refractivity contribution in [1.82, 2.24) is 0 Å². The normalized spacial score (nSPS) is 15.1. The van der Waals surface area contributed by atoms with Gasteiger partial charge in [0.15, 0.2) is 5.75 Å². The van der Waals surface area contributed by atoms with E-state index < -0.39 is 12.6 Å². The van der Waals surface area contributed by atoms with Gasteiger partial charge in [0.25, 0.3) is 0 Å². The fourth-order valence-electron chi connectivity index (χ4n) is 1.48. The molecule has 0 bridgehead atoms. The molecule has 0 radical (unpaired) electrons. The van der Waals surface area contributed by atoms with Crippen LogP contribution < -0.4 is 10.5 Å². The van der Waals surface area contributed by atoms with Crippen LogP contribution in [0.5, 0.6) is 5.75 Å². The number of ether oxygens (including phenoxy) is 1. The van der Waals surface area contributed by atoms with E-state index >= 15 is 0 Å². The fourth-order valence-corrected chi connectivity index (χ4v) is 1.48. The van der Waals surface area contributed by atoms with Crippen LogP contribution >= 0.6 is 0 Å². The third kappa shape index (κ3) is 3.40. The molecule has 7 heteroatoms. The lowest BCUT2D eigenvalue weighted by atomic mass is 10.1. The smallest absolute Gasteiger partial charge is 0.387 e. The van der Waals surface area contributed by atoms with E-state index in [0.29, 0.717) is 0 Å². The number of aliphatic imine (C=N–C) groups is 1. The van der Waals surface area contributed by atoms with Crippen LogP contribution in [0.3, 0.4) is 0 Å². The van der Waals surface area contributed by atoms with Crippen molar-refractivity contribution in [3.8, 4) is 5.75 Å². The number of carboxylic acids is 1. The molecule has 5 nitrogen and oxygen atoms in total. The van der Waals surface area contributed by atoms with Gasteiger partial charge in [0.2, 0.25) is 0 Å². The Kier molecular flexibility index (Phi) is 3.64. The molecule has 2 rings (SSSR count). The average Bonchev–Trinajstić information content (AvgIpc) is 3.13. The van der Waals surface area contributed by atoms with Gasteiger partial charge in [-0.2, -0.15) is 8.78 Å². The first-order chi connectivity index (χ1) is 8.97. The maximum absolute atomic E-state index is 12.2. The molecular formula is C12H12F2N2O3. The molecule has 0 amide bonds. The Hall–Kier alpha value is -2.18. The minimum atomic E-state index is -3.07. The van der Waals surface area contributed by atoms with Gasteiger partial charge in [-0.05, 0) is 25.0 Å². The van der Waals surface area contributed by atoms with Gasteiger partial charge >= 0.3 is 12.6 Å². The number of hydrogen-bond donors (Lipinski definition) is 2. The maximum Gasteiger partial charge on any atom is 0.387 e. The zero-order valence-corrected chi connectivity index (χ0v) is 9.85. The number of hydrogen-bond acceptors (Lipinski definition) is 4. The first-order valence-electron chi connectivity index (χ1n) is 5.62. The molecule has 0 saturated heterocycles. The summed E-state index contributed by atoms with van der Waals surface area (Å²) in [4.78, 5) is 15.1. The fraction of sp³-hybridized carbons (Fsp3) is 0.333. The highest BCUT2D eigenvalue weighted by atomic mass is 19.3. The molecule has 0 aromatic heterocycles. The monoisotopic (exact) mass is 270 g/mol. The van der Waals surface area contributed by atoms with Crippen molar-refractivity contribution in [2.24, 2.45) is 4.99 Å². The number of benzene rings is 1. The molecule has 1 aromatic carbocycles. The van der Waals surface area contributed by atoms with Gasteiger partial charge in [0.05, 0.1) is 17.3 Å². The Morgan fingerprint density at radius 2 is 2.21 bits per heavy atom. The molecule has 1 aliphatic rings. The van der Waals surface area contributed by atoms with E-state index in [4.69, 9.17) is 10.8 Å². The van der Waals surface area contributed by atoms with Crippen LogP contribution in [-0.2, 0) is 0 Å². The molecule has 1 fully saturated rings. The number of anilines is 1. The molecule has 19 heavy (non-hydrogen) atoms. The summed E-state index contributed by atoms with van der Waals surface area (Å²) in [5.41, 5.74) is 5.71. The number of alkyl halides is 2. The number of carboxylic acid groups (broad SMARTS) is 1. The van der Waals surface area contributed by atoms with Crippen molar-refractivity contribution < 1.29 is 23.4 Å².